The third kappa shape index (κ3) is 4.35. The molecule has 7 heteroatoms. The molecular formula is C13H22N2O5. The van der Waals surface area contributed by atoms with Crippen LogP contribution >= 0.6 is 0 Å². The van der Waals surface area contributed by atoms with Crippen LogP contribution in [0, 0.1) is 0 Å². The van der Waals surface area contributed by atoms with Gasteiger partial charge in [-0.1, -0.05) is 12.8 Å². The Labute approximate surface area is 118 Å². The molecule has 0 aromatic heterocycles. The van der Waals surface area contributed by atoms with Gasteiger partial charge in [0.2, 0.25) is 0 Å². The fraction of sp³-hybridized carbons (Fsp3) is 0.846. The van der Waals surface area contributed by atoms with E-state index in [2.05, 4.69) is 5.32 Å². The molecular weight excluding hydrogens is 264 g/mol. The van der Waals surface area contributed by atoms with Gasteiger partial charge >= 0.3 is 12.0 Å². The van der Waals surface area contributed by atoms with Gasteiger partial charge in [-0.3, -0.25) is 0 Å². The fourth-order valence-electron chi connectivity index (χ4n) is 2.53. The van der Waals surface area contributed by atoms with Crippen molar-refractivity contribution in [2.24, 2.45) is 0 Å². The third-order valence-electron chi connectivity index (χ3n) is 3.66. The van der Waals surface area contributed by atoms with E-state index in [1.165, 1.54) is 17.7 Å². The van der Waals surface area contributed by atoms with E-state index in [0.717, 1.165) is 12.8 Å². The molecule has 7 nitrogen and oxygen atoms in total. The molecule has 1 aliphatic carbocycles. The number of carbonyl (C=O) groups excluding carboxylic acids is 1. The van der Waals surface area contributed by atoms with Crippen molar-refractivity contribution in [3.63, 3.8) is 0 Å². The second-order valence-corrected chi connectivity index (χ2v) is 5.15. The maximum absolute atomic E-state index is 11.9. The molecule has 2 rings (SSSR count). The Morgan fingerprint density at radius 1 is 1.35 bits per heavy atom. The smallest absolute Gasteiger partial charge is 0.334 e. The summed E-state index contributed by atoms with van der Waals surface area (Å²) >= 11 is 0. The Bertz CT molecular complexity index is 344. The number of hydrogen-bond donors (Lipinski definition) is 2. The van der Waals surface area contributed by atoms with Crippen LogP contribution in [-0.4, -0.2) is 67.1 Å². The third-order valence-corrected chi connectivity index (χ3v) is 3.66. The Morgan fingerprint density at radius 2 is 2.10 bits per heavy atom. The molecule has 2 N–H and O–H groups in total. The van der Waals surface area contributed by atoms with E-state index in [1.807, 2.05) is 0 Å². The van der Waals surface area contributed by atoms with Crippen LogP contribution in [-0.2, 0) is 14.3 Å². The number of amides is 2. The van der Waals surface area contributed by atoms with Crippen LogP contribution in [0.2, 0.25) is 0 Å². The molecule has 1 atom stereocenters. The molecule has 114 valence electrons. The lowest BCUT2D eigenvalue weighted by molar-refractivity contribution is -0.154. The number of rotatable bonds is 5. The molecule has 1 saturated carbocycles. The topological polar surface area (TPSA) is 88.1 Å². The van der Waals surface area contributed by atoms with Gasteiger partial charge in [0.05, 0.1) is 25.9 Å². The average molecular weight is 286 g/mol. The minimum Gasteiger partial charge on any atom is -0.479 e. The highest BCUT2D eigenvalue weighted by Crippen LogP contribution is 2.20. The molecule has 2 fully saturated rings. The number of nitrogens with one attached hydrogen (secondary N) is 1. The van der Waals surface area contributed by atoms with E-state index < -0.39 is 12.1 Å². The van der Waals surface area contributed by atoms with E-state index in [1.54, 1.807) is 0 Å². The van der Waals surface area contributed by atoms with Gasteiger partial charge in [-0.15, -0.1) is 0 Å². The SMILES string of the molecule is O=C(O)C1CN(C(=O)NCCOC2CCCC2)CCO1. The molecule has 0 aromatic rings. The molecule has 2 aliphatic rings. The zero-order valence-corrected chi connectivity index (χ0v) is 11.5. The molecule has 1 heterocycles. The first-order chi connectivity index (χ1) is 9.66. The van der Waals surface area contributed by atoms with Gasteiger partial charge < -0.3 is 24.8 Å². The van der Waals surface area contributed by atoms with Crippen molar-refractivity contribution < 1.29 is 24.2 Å². The van der Waals surface area contributed by atoms with Gasteiger partial charge in [-0.2, -0.15) is 0 Å². The van der Waals surface area contributed by atoms with Crippen LogP contribution in [0.1, 0.15) is 25.7 Å². The Hall–Kier alpha value is -1.34. The average Bonchev–Trinajstić information content (AvgIpc) is 2.96. The molecule has 0 spiro atoms. The predicted octanol–water partition coefficient (Wildman–Crippen LogP) is 0.441. The Morgan fingerprint density at radius 3 is 2.80 bits per heavy atom. The first kappa shape index (κ1) is 15.1. The van der Waals surface area contributed by atoms with Crippen LogP contribution in [0.4, 0.5) is 4.79 Å². The van der Waals surface area contributed by atoms with E-state index >= 15 is 0 Å². The summed E-state index contributed by atoms with van der Waals surface area (Å²) < 4.78 is 10.7. The molecule has 1 unspecified atom stereocenters. The van der Waals surface area contributed by atoms with E-state index in [-0.39, 0.29) is 19.2 Å². The maximum atomic E-state index is 11.9. The number of hydrogen-bond acceptors (Lipinski definition) is 4. The summed E-state index contributed by atoms with van der Waals surface area (Å²) in [6.07, 6.45) is 4.08. The molecule has 1 aliphatic heterocycles. The summed E-state index contributed by atoms with van der Waals surface area (Å²) in [6.45, 7) is 1.71. The van der Waals surface area contributed by atoms with E-state index in [9.17, 15) is 9.59 Å². The van der Waals surface area contributed by atoms with Crippen molar-refractivity contribution in [1.82, 2.24) is 10.2 Å². The number of ether oxygens (including phenoxy) is 2. The number of carboxylic acids is 1. The minimum atomic E-state index is -1.04. The summed E-state index contributed by atoms with van der Waals surface area (Å²) in [7, 11) is 0. The number of carboxylic acid groups (broad SMARTS) is 1. The monoisotopic (exact) mass is 286 g/mol. The van der Waals surface area contributed by atoms with Crippen molar-refractivity contribution in [3.8, 4) is 0 Å². The molecule has 0 radical (unpaired) electrons. The van der Waals surface area contributed by atoms with Crippen molar-refractivity contribution >= 4 is 12.0 Å². The number of morpholine rings is 1. The summed E-state index contributed by atoms with van der Waals surface area (Å²) in [6, 6.07) is -0.255. The highest BCUT2D eigenvalue weighted by molar-refractivity contribution is 5.77. The second-order valence-electron chi connectivity index (χ2n) is 5.15. The van der Waals surface area contributed by atoms with Crippen molar-refractivity contribution in [3.05, 3.63) is 0 Å². The van der Waals surface area contributed by atoms with E-state index in [4.69, 9.17) is 14.6 Å². The first-order valence-corrected chi connectivity index (χ1v) is 7.15. The molecule has 2 amide bonds. The van der Waals surface area contributed by atoms with Crippen LogP contribution < -0.4 is 5.32 Å². The lowest BCUT2D eigenvalue weighted by Gasteiger charge is -2.30. The second kappa shape index (κ2) is 7.44. The van der Waals surface area contributed by atoms with Gasteiger partial charge in [-0.05, 0) is 12.8 Å². The highest BCUT2D eigenvalue weighted by atomic mass is 16.5. The lowest BCUT2D eigenvalue weighted by Crippen LogP contribution is -2.52. The van der Waals surface area contributed by atoms with E-state index in [0.29, 0.717) is 25.8 Å². The summed E-state index contributed by atoms with van der Waals surface area (Å²) in [4.78, 5) is 24.2. The first-order valence-electron chi connectivity index (χ1n) is 7.15. The summed E-state index contributed by atoms with van der Waals surface area (Å²) in [5, 5.41) is 11.6. The predicted molar refractivity (Wildman–Crippen MR) is 70.6 cm³/mol. The van der Waals surface area contributed by atoms with Crippen LogP contribution in [0.15, 0.2) is 0 Å². The van der Waals surface area contributed by atoms with Crippen LogP contribution in [0.3, 0.4) is 0 Å². The zero-order valence-electron chi connectivity index (χ0n) is 11.5. The Balaban J connectivity index is 1.62. The van der Waals surface area contributed by atoms with Crippen LogP contribution in [0.25, 0.3) is 0 Å². The van der Waals surface area contributed by atoms with Gasteiger partial charge in [0, 0.05) is 13.1 Å². The zero-order chi connectivity index (χ0) is 14.4. The lowest BCUT2D eigenvalue weighted by atomic mass is 10.3. The van der Waals surface area contributed by atoms with Gasteiger partial charge in [-0.25, -0.2) is 9.59 Å². The molecule has 0 aromatic carbocycles. The standard InChI is InChI=1S/C13H22N2O5/c16-12(17)11-9-15(6-8-20-11)13(18)14-5-7-19-10-3-1-2-4-10/h10-11H,1-9H2,(H,14,18)(H,16,17). The fourth-order valence-corrected chi connectivity index (χ4v) is 2.53. The minimum absolute atomic E-state index is 0.0879. The van der Waals surface area contributed by atoms with Gasteiger partial charge in [0.15, 0.2) is 6.10 Å². The maximum Gasteiger partial charge on any atom is 0.334 e. The number of carbonyl (C=O) groups is 2. The molecule has 1 saturated heterocycles. The molecule has 0 bridgehead atoms. The largest absolute Gasteiger partial charge is 0.479 e. The van der Waals surface area contributed by atoms with Crippen molar-refractivity contribution in [2.75, 3.05) is 32.8 Å². The van der Waals surface area contributed by atoms with Crippen molar-refractivity contribution in [1.29, 1.82) is 0 Å². The van der Waals surface area contributed by atoms with Crippen molar-refractivity contribution in [2.45, 2.75) is 37.9 Å². The summed E-state index contributed by atoms with van der Waals surface area (Å²) in [5.74, 6) is -1.04. The van der Waals surface area contributed by atoms with Crippen LogP contribution in [0.5, 0.6) is 0 Å². The Kier molecular flexibility index (Phi) is 5.60. The highest BCUT2D eigenvalue weighted by Gasteiger charge is 2.28. The number of aliphatic carboxylic acids is 1. The quantitative estimate of drug-likeness (QED) is 0.716. The summed E-state index contributed by atoms with van der Waals surface area (Å²) in [5.41, 5.74) is 0. The number of urea groups is 1. The van der Waals surface area contributed by atoms with Gasteiger partial charge in [0.1, 0.15) is 0 Å². The normalized spacial score (nSPS) is 23.8. The molecule has 20 heavy (non-hydrogen) atoms. The number of nitrogens with zero attached hydrogens (tertiary/aromatic N) is 1. The van der Waals surface area contributed by atoms with Gasteiger partial charge in [0.25, 0.3) is 0 Å².